The van der Waals surface area contributed by atoms with E-state index in [-0.39, 0.29) is 46.4 Å². The number of amides is 2. The maximum Gasteiger partial charge on any atom is 0.406 e. The highest BCUT2D eigenvalue weighted by molar-refractivity contribution is 6.05. The number of pyridine rings is 1. The summed E-state index contributed by atoms with van der Waals surface area (Å²) in [6, 6.07) is 9.13. The molecule has 0 saturated carbocycles. The molecule has 1 aliphatic heterocycles. The van der Waals surface area contributed by atoms with Gasteiger partial charge in [-0.15, -0.1) is 0 Å². The molecule has 0 aliphatic carbocycles. The van der Waals surface area contributed by atoms with Gasteiger partial charge >= 0.3 is 6.18 Å². The number of likely N-dealkylation sites (tertiary alicyclic amines) is 1. The van der Waals surface area contributed by atoms with Crippen molar-refractivity contribution in [2.24, 2.45) is 5.92 Å². The second-order valence-electron chi connectivity index (χ2n) is 11.6. The highest BCUT2D eigenvalue weighted by Crippen LogP contribution is 2.28. The van der Waals surface area contributed by atoms with Crippen LogP contribution in [0.2, 0.25) is 0 Å². The number of alkyl halides is 3. The molecule has 2 aromatic carbocycles. The SMILES string of the molecule is CNC(=O)c1cc(NCC#Cc2cc(C(=O)N[C@H]3CCN(Cc4ccncc4)C[C@@H]3C)c3ncn(CC(F)(F)F)c3c2)c(OC)cc1F. The van der Waals surface area contributed by atoms with Crippen LogP contribution in [0.4, 0.5) is 23.2 Å². The van der Waals surface area contributed by atoms with Crippen molar-refractivity contribution in [3.8, 4) is 17.6 Å². The topological polar surface area (TPSA) is 113 Å². The molecule has 0 radical (unpaired) electrons. The summed E-state index contributed by atoms with van der Waals surface area (Å²) >= 11 is 0. The average Bonchev–Trinajstić information content (AvgIpc) is 3.45. The number of anilines is 1. The Hall–Kier alpha value is -5.16. The van der Waals surface area contributed by atoms with Crippen LogP contribution in [0.1, 0.15) is 45.2 Å². The van der Waals surface area contributed by atoms with E-state index >= 15 is 0 Å². The van der Waals surface area contributed by atoms with E-state index in [1.165, 1.54) is 32.4 Å². The Balaban J connectivity index is 1.36. The van der Waals surface area contributed by atoms with Crippen LogP contribution in [-0.4, -0.2) is 77.3 Å². The first kappa shape index (κ1) is 34.2. The first-order valence-electron chi connectivity index (χ1n) is 15.3. The number of hydrogen-bond acceptors (Lipinski definition) is 7. The quantitative estimate of drug-likeness (QED) is 0.177. The summed E-state index contributed by atoms with van der Waals surface area (Å²) < 4.78 is 60.7. The predicted molar refractivity (Wildman–Crippen MR) is 172 cm³/mol. The van der Waals surface area contributed by atoms with Crippen LogP contribution in [0, 0.1) is 23.6 Å². The molecule has 5 rings (SSSR count). The minimum absolute atomic E-state index is 0.00609. The molecule has 0 spiro atoms. The van der Waals surface area contributed by atoms with Crippen LogP contribution < -0.4 is 20.7 Å². The summed E-state index contributed by atoms with van der Waals surface area (Å²) in [5, 5.41) is 8.43. The molecule has 1 fully saturated rings. The van der Waals surface area contributed by atoms with Gasteiger partial charge in [0.25, 0.3) is 11.8 Å². The molecule has 3 heterocycles. The number of hydrogen-bond donors (Lipinski definition) is 3. The van der Waals surface area contributed by atoms with E-state index in [1.807, 2.05) is 12.1 Å². The second-order valence-corrected chi connectivity index (χ2v) is 11.6. The fraction of sp³-hybridized carbons (Fsp3) is 0.353. The number of nitrogens with zero attached hydrogens (tertiary/aromatic N) is 4. The minimum atomic E-state index is -4.51. The number of carbonyl (C=O) groups excluding carboxylic acids is 2. The Morgan fingerprint density at radius 2 is 1.88 bits per heavy atom. The molecule has 1 saturated heterocycles. The van der Waals surface area contributed by atoms with Crippen LogP contribution in [0.15, 0.2) is 55.1 Å². The van der Waals surface area contributed by atoms with E-state index in [4.69, 9.17) is 4.74 Å². The summed E-state index contributed by atoms with van der Waals surface area (Å²) in [6.45, 7) is 3.06. The van der Waals surface area contributed by atoms with Gasteiger partial charge in [-0.25, -0.2) is 9.37 Å². The smallest absolute Gasteiger partial charge is 0.406 e. The molecular formula is C34H35F4N7O3. The lowest BCUT2D eigenvalue weighted by Crippen LogP contribution is -2.49. The summed E-state index contributed by atoms with van der Waals surface area (Å²) in [6.07, 6.45) is 0.764. The van der Waals surface area contributed by atoms with Gasteiger partial charge in [0, 0.05) is 56.7 Å². The first-order chi connectivity index (χ1) is 23.0. The third-order valence-electron chi connectivity index (χ3n) is 8.14. The first-order valence-corrected chi connectivity index (χ1v) is 15.3. The van der Waals surface area contributed by atoms with Gasteiger partial charge in [0.2, 0.25) is 0 Å². The second kappa shape index (κ2) is 14.7. The number of aromatic nitrogens is 3. The summed E-state index contributed by atoms with van der Waals surface area (Å²) in [5.41, 5.74) is 1.94. The molecule has 0 unspecified atom stereocenters. The molecule has 3 N–H and O–H groups in total. The molecule has 2 atom stereocenters. The normalized spacial score (nSPS) is 16.6. The number of methoxy groups -OCH3 is 1. The largest absolute Gasteiger partial charge is 0.494 e. The maximum atomic E-state index is 14.4. The van der Waals surface area contributed by atoms with Crippen LogP contribution in [-0.2, 0) is 13.1 Å². The average molecular weight is 666 g/mol. The zero-order valence-electron chi connectivity index (χ0n) is 26.6. The van der Waals surface area contributed by atoms with Gasteiger partial charge in [-0.3, -0.25) is 19.5 Å². The van der Waals surface area contributed by atoms with Crippen molar-refractivity contribution in [1.82, 2.24) is 30.1 Å². The number of benzene rings is 2. The standard InChI is InChI=1S/C34H35F4N7O3/c1-21-17-44(18-22-6-10-40-11-7-22)12-8-27(21)43-33(47)25-13-23(14-29-31(25)42-20-45(29)19-34(36,37)38)5-4-9-41-28-15-24(32(46)39-2)26(35)16-30(28)48-3/h6-7,10-11,13-16,20-21,27,41H,8-9,12,17-19H2,1-3H3,(H,39,46)(H,43,47)/t21-,27-/m0/s1. The fourth-order valence-electron chi connectivity index (χ4n) is 5.77. The van der Waals surface area contributed by atoms with E-state index in [2.05, 4.69) is 49.6 Å². The molecule has 252 valence electrons. The van der Waals surface area contributed by atoms with E-state index in [9.17, 15) is 27.2 Å². The number of ether oxygens (including phenoxy) is 1. The van der Waals surface area contributed by atoms with Crippen LogP contribution in [0.5, 0.6) is 5.75 Å². The van der Waals surface area contributed by atoms with E-state index in [1.54, 1.807) is 12.4 Å². The monoisotopic (exact) mass is 665 g/mol. The Morgan fingerprint density at radius 1 is 1.10 bits per heavy atom. The number of imidazole rings is 1. The van der Waals surface area contributed by atoms with Crippen molar-refractivity contribution in [3.63, 3.8) is 0 Å². The van der Waals surface area contributed by atoms with E-state index in [0.29, 0.717) is 17.7 Å². The lowest BCUT2D eigenvalue weighted by Gasteiger charge is -2.37. The lowest BCUT2D eigenvalue weighted by molar-refractivity contribution is -0.140. The van der Waals surface area contributed by atoms with Gasteiger partial charge in [-0.1, -0.05) is 18.8 Å². The molecule has 14 heteroatoms. The summed E-state index contributed by atoms with van der Waals surface area (Å²) in [5.74, 6) is 4.21. The van der Waals surface area contributed by atoms with Gasteiger partial charge in [0.1, 0.15) is 23.6 Å². The maximum absolute atomic E-state index is 14.4. The van der Waals surface area contributed by atoms with Crippen LogP contribution in [0.25, 0.3) is 11.0 Å². The zero-order valence-corrected chi connectivity index (χ0v) is 26.6. The minimum Gasteiger partial charge on any atom is -0.494 e. The number of halogens is 4. The van der Waals surface area contributed by atoms with Crippen molar-refractivity contribution in [1.29, 1.82) is 0 Å². The van der Waals surface area contributed by atoms with Crippen molar-refractivity contribution >= 4 is 28.5 Å². The van der Waals surface area contributed by atoms with Crippen molar-refractivity contribution in [2.75, 3.05) is 39.1 Å². The Morgan fingerprint density at radius 3 is 2.56 bits per heavy atom. The third-order valence-corrected chi connectivity index (χ3v) is 8.14. The molecule has 2 amide bonds. The number of rotatable bonds is 9. The van der Waals surface area contributed by atoms with Gasteiger partial charge in [-0.05, 0) is 48.2 Å². The number of fused-ring (bicyclic) bond motifs is 1. The van der Waals surface area contributed by atoms with Crippen molar-refractivity contribution in [3.05, 3.63) is 83.2 Å². The number of piperidine rings is 1. The van der Waals surface area contributed by atoms with Gasteiger partial charge in [0.15, 0.2) is 0 Å². The van der Waals surface area contributed by atoms with Crippen molar-refractivity contribution < 1.29 is 31.9 Å². The Bertz CT molecular complexity index is 1850. The summed E-state index contributed by atoms with van der Waals surface area (Å²) in [4.78, 5) is 36.3. The van der Waals surface area contributed by atoms with Gasteiger partial charge in [-0.2, -0.15) is 13.2 Å². The molecular weight excluding hydrogens is 630 g/mol. The predicted octanol–water partition coefficient (Wildman–Crippen LogP) is 4.60. The van der Waals surface area contributed by atoms with Crippen LogP contribution >= 0.6 is 0 Å². The highest BCUT2D eigenvalue weighted by atomic mass is 19.4. The van der Waals surface area contributed by atoms with Crippen LogP contribution in [0.3, 0.4) is 0 Å². The van der Waals surface area contributed by atoms with E-state index in [0.717, 1.165) is 42.2 Å². The zero-order chi connectivity index (χ0) is 34.4. The summed E-state index contributed by atoms with van der Waals surface area (Å²) in [7, 11) is 2.73. The highest BCUT2D eigenvalue weighted by Gasteiger charge is 2.31. The molecule has 4 aromatic rings. The molecule has 10 nitrogen and oxygen atoms in total. The van der Waals surface area contributed by atoms with Gasteiger partial charge in [0.05, 0.1) is 42.3 Å². The molecule has 0 bridgehead atoms. The lowest BCUT2D eigenvalue weighted by atomic mass is 9.93. The van der Waals surface area contributed by atoms with E-state index < -0.39 is 30.4 Å². The van der Waals surface area contributed by atoms with Crippen molar-refractivity contribution in [2.45, 2.75) is 38.7 Å². The fourth-order valence-corrected chi connectivity index (χ4v) is 5.77. The third kappa shape index (κ3) is 8.21. The number of carbonyl (C=O) groups is 2. The van der Waals surface area contributed by atoms with Gasteiger partial charge < -0.3 is 25.3 Å². The molecule has 48 heavy (non-hydrogen) atoms. The number of nitrogens with one attached hydrogen (secondary N) is 3. The molecule has 2 aromatic heterocycles. The molecule has 1 aliphatic rings. The Kier molecular flexibility index (Phi) is 10.5. The Labute approximate surface area is 274 Å².